The van der Waals surface area contributed by atoms with Crippen LogP contribution in [0.1, 0.15) is 27.2 Å². The molecule has 134 valence electrons. The number of halogens is 1. The molecule has 0 fully saturated rings. The van der Waals surface area contributed by atoms with Gasteiger partial charge in [-0.1, -0.05) is 32.5 Å². The Balaban J connectivity index is 0.00000484. The van der Waals surface area contributed by atoms with E-state index in [1.165, 1.54) is 0 Å². The van der Waals surface area contributed by atoms with Crippen molar-refractivity contribution in [1.82, 2.24) is 15.6 Å². The summed E-state index contributed by atoms with van der Waals surface area (Å²) in [6.45, 7) is 8.16. The number of aromatic nitrogens is 1. The molecule has 0 aliphatic heterocycles. The van der Waals surface area contributed by atoms with E-state index in [4.69, 9.17) is 4.74 Å². The van der Waals surface area contributed by atoms with Crippen LogP contribution >= 0.6 is 47.1 Å². The van der Waals surface area contributed by atoms with Crippen LogP contribution in [0, 0.1) is 5.41 Å². The van der Waals surface area contributed by atoms with Crippen LogP contribution in [0.25, 0.3) is 0 Å². The minimum absolute atomic E-state index is 0. The Kier molecular flexibility index (Phi) is 12.3. The smallest absolute Gasteiger partial charge is 0.191 e. The number of thiazole rings is 1. The first-order valence-corrected chi connectivity index (χ1v) is 9.33. The highest BCUT2D eigenvalue weighted by molar-refractivity contribution is 14.0. The van der Waals surface area contributed by atoms with E-state index in [1.807, 2.05) is 11.6 Å². The summed E-state index contributed by atoms with van der Waals surface area (Å²) >= 11 is 3.49. The van der Waals surface area contributed by atoms with Crippen LogP contribution in [-0.4, -0.2) is 50.0 Å². The molecule has 1 rings (SSSR count). The predicted molar refractivity (Wildman–Crippen MR) is 112 cm³/mol. The van der Waals surface area contributed by atoms with Crippen LogP contribution in [0.3, 0.4) is 0 Å². The molecule has 1 aromatic rings. The standard InChI is InChI=1S/C15H28N4OS2.HI/c1-15(2,3)12(20-5)11-19-13(16-4)17-7-6-9-21-14-18-8-10-22-14;/h8,10,12H,6-7,9,11H2,1-5H3,(H2,16,17,19);1H. The Hall–Kier alpha value is -0.0600. The van der Waals surface area contributed by atoms with E-state index in [9.17, 15) is 0 Å². The van der Waals surface area contributed by atoms with E-state index in [2.05, 4.69) is 41.4 Å². The van der Waals surface area contributed by atoms with Gasteiger partial charge in [-0.15, -0.1) is 35.3 Å². The molecule has 1 heterocycles. The fraction of sp³-hybridized carbons (Fsp3) is 0.733. The molecule has 23 heavy (non-hydrogen) atoms. The van der Waals surface area contributed by atoms with Crippen LogP contribution in [0.15, 0.2) is 20.9 Å². The van der Waals surface area contributed by atoms with E-state index in [-0.39, 0.29) is 35.5 Å². The Labute approximate surface area is 165 Å². The fourth-order valence-corrected chi connectivity index (χ4v) is 3.52. The number of aliphatic imine (C=N–C) groups is 1. The van der Waals surface area contributed by atoms with Crippen LogP contribution in [-0.2, 0) is 4.74 Å². The second kappa shape index (κ2) is 12.3. The van der Waals surface area contributed by atoms with Crippen LogP contribution in [0.4, 0.5) is 0 Å². The van der Waals surface area contributed by atoms with Crippen LogP contribution < -0.4 is 10.6 Å². The number of hydrogen-bond donors (Lipinski definition) is 2. The first-order valence-electron chi connectivity index (χ1n) is 7.47. The highest BCUT2D eigenvalue weighted by Crippen LogP contribution is 2.21. The average molecular weight is 472 g/mol. The maximum atomic E-state index is 5.54. The molecule has 0 radical (unpaired) electrons. The molecule has 0 amide bonds. The molecular formula is C15H29IN4OS2. The molecule has 0 aromatic carbocycles. The number of hydrogen-bond acceptors (Lipinski definition) is 5. The Bertz CT molecular complexity index is 435. The van der Waals surface area contributed by atoms with Crippen molar-refractivity contribution >= 4 is 53.0 Å². The molecule has 0 aliphatic carbocycles. The SMILES string of the molecule is CN=C(NCCCSc1nccs1)NCC(OC)C(C)(C)C.I. The molecular weight excluding hydrogens is 443 g/mol. The monoisotopic (exact) mass is 472 g/mol. The van der Waals surface area contributed by atoms with Crippen molar-refractivity contribution in [3.05, 3.63) is 11.6 Å². The molecule has 1 aromatic heterocycles. The van der Waals surface area contributed by atoms with Crippen molar-refractivity contribution in [2.45, 2.75) is 37.6 Å². The third-order valence-electron chi connectivity index (χ3n) is 3.18. The van der Waals surface area contributed by atoms with E-state index in [1.54, 1.807) is 37.3 Å². The van der Waals surface area contributed by atoms with Gasteiger partial charge >= 0.3 is 0 Å². The molecule has 0 saturated heterocycles. The summed E-state index contributed by atoms with van der Waals surface area (Å²) in [6, 6.07) is 0. The van der Waals surface area contributed by atoms with Gasteiger partial charge < -0.3 is 15.4 Å². The maximum Gasteiger partial charge on any atom is 0.191 e. The number of rotatable bonds is 8. The normalized spacial score (nSPS) is 13.3. The Morgan fingerprint density at radius 3 is 2.70 bits per heavy atom. The predicted octanol–water partition coefficient (Wildman–Crippen LogP) is 3.47. The van der Waals surface area contributed by atoms with E-state index >= 15 is 0 Å². The van der Waals surface area contributed by atoms with Gasteiger partial charge in [0.1, 0.15) is 4.34 Å². The summed E-state index contributed by atoms with van der Waals surface area (Å²) in [5, 5.41) is 8.67. The lowest BCUT2D eigenvalue weighted by Crippen LogP contribution is -2.45. The molecule has 5 nitrogen and oxygen atoms in total. The van der Waals surface area contributed by atoms with Gasteiger partial charge in [0.05, 0.1) is 6.10 Å². The second-order valence-electron chi connectivity index (χ2n) is 5.97. The summed E-state index contributed by atoms with van der Waals surface area (Å²) in [6.07, 6.45) is 3.06. The molecule has 0 aliphatic rings. The van der Waals surface area contributed by atoms with Gasteiger partial charge in [0.25, 0.3) is 0 Å². The van der Waals surface area contributed by atoms with Gasteiger partial charge in [0.2, 0.25) is 0 Å². The summed E-state index contributed by atoms with van der Waals surface area (Å²) in [5.41, 5.74) is 0.102. The van der Waals surface area contributed by atoms with Crippen molar-refractivity contribution in [3.8, 4) is 0 Å². The largest absolute Gasteiger partial charge is 0.379 e. The lowest BCUT2D eigenvalue weighted by Gasteiger charge is -2.30. The van der Waals surface area contributed by atoms with Crippen molar-refractivity contribution in [2.24, 2.45) is 10.4 Å². The van der Waals surface area contributed by atoms with Gasteiger partial charge in [0, 0.05) is 44.6 Å². The minimum atomic E-state index is 0. The van der Waals surface area contributed by atoms with E-state index in [0.717, 1.165) is 35.6 Å². The highest BCUT2D eigenvalue weighted by atomic mass is 127. The molecule has 0 spiro atoms. The zero-order valence-electron chi connectivity index (χ0n) is 14.6. The van der Waals surface area contributed by atoms with Crippen LogP contribution in [0.2, 0.25) is 0 Å². The molecule has 8 heteroatoms. The number of nitrogens with zero attached hydrogens (tertiary/aromatic N) is 2. The molecule has 0 bridgehead atoms. The lowest BCUT2D eigenvalue weighted by atomic mass is 9.89. The first-order chi connectivity index (χ1) is 10.5. The number of methoxy groups -OCH3 is 1. The third kappa shape index (κ3) is 9.73. The maximum absolute atomic E-state index is 5.54. The van der Waals surface area contributed by atoms with Gasteiger partial charge in [-0.25, -0.2) is 4.98 Å². The summed E-state index contributed by atoms with van der Waals surface area (Å²) in [5.74, 6) is 1.88. The Morgan fingerprint density at radius 1 is 1.43 bits per heavy atom. The Morgan fingerprint density at radius 2 is 2.17 bits per heavy atom. The quantitative estimate of drug-likeness (QED) is 0.200. The fourth-order valence-electron chi connectivity index (χ4n) is 1.87. The first kappa shape index (κ1) is 22.9. The molecule has 2 N–H and O–H groups in total. The van der Waals surface area contributed by atoms with Gasteiger partial charge in [-0.3, -0.25) is 4.99 Å². The second-order valence-corrected chi connectivity index (χ2v) is 8.21. The summed E-state index contributed by atoms with van der Waals surface area (Å²) < 4.78 is 6.67. The van der Waals surface area contributed by atoms with Crippen molar-refractivity contribution in [2.75, 3.05) is 33.0 Å². The number of thioether (sulfide) groups is 1. The van der Waals surface area contributed by atoms with E-state index in [0.29, 0.717) is 0 Å². The summed E-state index contributed by atoms with van der Waals surface area (Å²) in [7, 11) is 3.54. The van der Waals surface area contributed by atoms with Crippen molar-refractivity contribution in [1.29, 1.82) is 0 Å². The zero-order chi connectivity index (χ0) is 16.4. The highest BCUT2D eigenvalue weighted by Gasteiger charge is 2.24. The third-order valence-corrected chi connectivity index (χ3v) is 5.23. The van der Waals surface area contributed by atoms with E-state index < -0.39 is 0 Å². The number of nitrogens with one attached hydrogen (secondary N) is 2. The summed E-state index contributed by atoms with van der Waals surface area (Å²) in [4.78, 5) is 8.50. The lowest BCUT2D eigenvalue weighted by molar-refractivity contribution is 0.0205. The average Bonchev–Trinajstić information content (AvgIpc) is 2.97. The molecule has 0 saturated carbocycles. The molecule has 1 atom stereocenters. The van der Waals surface area contributed by atoms with Crippen molar-refractivity contribution < 1.29 is 4.74 Å². The topological polar surface area (TPSA) is 58.5 Å². The van der Waals surface area contributed by atoms with Gasteiger partial charge in [0.15, 0.2) is 5.96 Å². The van der Waals surface area contributed by atoms with Crippen molar-refractivity contribution in [3.63, 3.8) is 0 Å². The van der Waals surface area contributed by atoms with Gasteiger partial charge in [-0.05, 0) is 11.8 Å². The molecule has 1 unspecified atom stereocenters. The van der Waals surface area contributed by atoms with Crippen LogP contribution in [0.5, 0.6) is 0 Å². The van der Waals surface area contributed by atoms with Gasteiger partial charge in [-0.2, -0.15) is 0 Å². The number of guanidine groups is 1. The number of ether oxygens (including phenoxy) is 1. The zero-order valence-corrected chi connectivity index (χ0v) is 18.6. The minimum Gasteiger partial charge on any atom is -0.379 e.